The van der Waals surface area contributed by atoms with Crippen LogP contribution in [0, 0.1) is 0 Å². The third kappa shape index (κ3) is 2.97. The summed E-state index contributed by atoms with van der Waals surface area (Å²) in [6, 6.07) is 7.88. The van der Waals surface area contributed by atoms with E-state index in [2.05, 4.69) is 0 Å². The van der Waals surface area contributed by atoms with E-state index in [1.165, 1.54) is 0 Å². The minimum atomic E-state index is -0.630. The molecule has 0 amide bonds. The molecule has 1 aromatic carbocycles. The summed E-state index contributed by atoms with van der Waals surface area (Å²) < 4.78 is 5.55. The van der Waals surface area contributed by atoms with Gasteiger partial charge in [-0.2, -0.15) is 0 Å². The number of para-hydroxylation sites is 1. The number of hydrogen-bond donors (Lipinski definition) is 2. The summed E-state index contributed by atoms with van der Waals surface area (Å²) in [7, 11) is 0. The van der Waals surface area contributed by atoms with Gasteiger partial charge in [0.1, 0.15) is 5.75 Å². The zero-order valence-electron chi connectivity index (χ0n) is 10.0. The predicted octanol–water partition coefficient (Wildman–Crippen LogP) is 0.623. The molecular formula is C13H19NO3. The van der Waals surface area contributed by atoms with Crippen LogP contribution in [0.1, 0.15) is 12.5 Å². The second-order valence-electron chi connectivity index (χ2n) is 4.37. The zero-order valence-corrected chi connectivity index (χ0v) is 10.0. The highest BCUT2D eigenvalue weighted by Crippen LogP contribution is 2.22. The summed E-state index contributed by atoms with van der Waals surface area (Å²) in [4.78, 5) is 2.03. The first-order chi connectivity index (χ1) is 8.20. The highest BCUT2D eigenvalue weighted by Gasteiger charge is 2.29. The van der Waals surface area contributed by atoms with Gasteiger partial charge < -0.3 is 14.9 Å². The average Bonchev–Trinajstić information content (AvgIpc) is 2.61. The number of nitrogens with zero attached hydrogens (tertiary/aromatic N) is 1. The van der Waals surface area contributed by atoms with E-state index in [4.69, 9.17) is 4.74 Å². The van der Waals surface area contributed by atoms with Crippen LogP contribution < -0.4 is 4.74 Å². The molecular weight excluding hydrogens is 218 g/mol. The molecule has 1 saturated heterocycles. The van der Waals surface area contributed by atoms with E-state index in [0.29, 0.717) is 26.2 Å². The Bertz CT molecular complexity index is 359. The van der Waals surface area contributed by atoms with Gasteiger partial charge in [0.15, 0.2) is 0 Å². The maximum Gasteiger partial charge on any atom is 0.123 e. The molecule has 2 unspecified atom stereocenters. The van der Waals surface area contributed by atoms with Crippen molar-refractivity contribution in [2.75, 3.05) is 19.7 Å². The minimum absolute atomic E-state index is 0.516. The minimum Gasteiger partial charge on any atom is -0.494 e. The maximum atomic E-state index is 9.50. The molecule has 2 rings (SSSR count). The third-order valence-electron chi connectivity index (χ3n) is 3.00. The number of likely N-dealkylation sites (tertiary alicyclic amines) is 1. The van der Waals surface area contributed by atoms with Crippen LogP contribution in [0.25, 0.3) is 0 Å². The Balaban J connectivity index is 2.03. The van der Waals surface area contributed by atoms with Crippen molar-refractivity contribution in [3.8, 4) is 5.75 Å². The highest BCUT2D eigenvalue weighted by molar-refractivity contribution is 5.33. The Morgan fingerprint density at radius 3 is 2.53 bits per heavy atom. The SMILES string of the molecule is CCOc1ccccc1CN1CC(O)C(O)C1. The Labute approximate surface area is 101 Å². The van der Waals surface area contributed by atoms with E-state index in [1.807, 2.05) is 36.1 Å². The Kier molecular flexibility index (Phi) is 3.99. The predicted molar refractivity (Wildman–Crippen MR) is 64.9 cm³/mol. The summed E-state index contributed by atoms with van der Waals surface area (Å²) >= 11 is 0. The lowest BCUT2D eigenvalue weighted by Gasteiger charge is -2.17. The lowest BCUT2D eigenvalue weighted by Crippen LogP contribution is -2.22. The van der Waals surface area contributed by atoms with Crippen LogP contribution in [-0.2, 0) is 6.54 Å². The number of ether oxygens (including phenoxy) is 1. The smallest absolute Gasteiger partial charge is 0.123 e. The van der Waals surface area contributed by atoms with E-state index < -0.39 is 12.2 Å². The Hall–Kier alpha value is -1.10. The lowest BCUT2D eigenvalue weighted by molar-refractivity contribution is 0.0572. The van der Waals surface area contributed by atoms with Crippen LogP contribution in [0.15, 0.2) is 24.3 Å². The van der Waals surface area contributed by atoms with Gasteiger partial charge in [-0.3, -0.25) is 4.90 Å². The molecule has 17 heavy (non-hydrogen) atoms. The summed E-state index contributed by atoms with van der Waals surface area (Å²) in [6.45, 7) is 4.33. The molecule has 2 atom stereocenters. The molecule has 0 saturated carbocycles. The number of aliphatic hydroxyl groups is 2. The van der Waals surface area contributed by atoms with Crippen LogP contribution in [0.5, 0.6) is 5.75 Å². The fourth-order valence-corrected chi connectivity index (χ4v) is 2.15. The van der Waals surface area contributed by atoms with Crippen molar-refractivity contribution < 1.29 is 14.9 Å². The standard InChI is InChI=1S/C13H19NO3/c1-2-17-13-6-4-3-5-10(13)7-14-8-11(15)12(16)9-14/h3-6,11-12,15-16H,2,7-9H2,1H3. The van der Waals surface area contributed by atoms with Gasteiger partial charge in [0, 0.05) is 25.2 Å². The first-order valence-corrected chi connectivity index (χ1v) is 6.00. The second-order valence-corrected chi connectivity index (χ2v) is 4.37. The number of hydrogen-bond acceptors (Lipinski definition) is 4. The van der Waals surface area contributed by atoms with Gasteiger partial charge in [-0.05, 0) is 13.0 Å². The van der Waals surface area contributed by atoms with Crippen molar-refractivity contribution in [3.63, 3.8) is 0 Å². The normalized spacial score (nSPS) is 25.1. The Morgan fingerprint density at radius 2 is 1.88 bits per heavy atom. The molecule has 94 valence electrons. The third-order valence-corrected chi connectivity index (χ3v) is 3.00. The van der Waals surface area contributed by atoms with Crippen molar-refractivity contribution in [1.82, 2.24) is 4.90 Å². The molecule has 0 radical (unpaired) electrons. The second kappa shape index (κ2) is 5.49. The van der Waals surface area contributed by atoms with Gasteiger partial charge in [0.2, 0.25) is 0 Å². The molecule has 2 N–H and O–H groups in total. The van der Waals surface area contributed by atoms with Crippen LogP contribution in [0.3, 0.4) is 0 Å². The van der Waals surface area contributed by atoms with Crippen LogP contribution in [-0.4, -0.2) is 47.0 Å². The van der Waals surface area contributed by atoms with Crippen molar-refractivity contribution in [1.29, 1.82) is 0 Å². The van der Waals surface area contributed by atoms with E-state index in [0.717, 1.165) is 11.3 Å². The van der Waals surface area contributed by atoms with E-state index in [-0.39, 0.29) is 0 Å². The van der Waals surface area contributed by atoms with Crippen LogP contribution in [0.4, 0.5) is 0 Å². The van der Waals surface area contributed by atoms with Crippen LogP contribution >= 0.6 is 0 Å². The van der Waals surface area contributed by atoms with Crippen LogP contribution in [0.2, 0.25) is 0 Å². The lowest BCUT2D eigenvalue weighted by atomic mass is 10.2. The Morgan fingerprint density at radius 1 is 1.24 bits per heavy atom. The topological polar surface area (TPSA) is 52.9 Å². The summed E-state index contributed by atoms with van der Waals surface area (Å²) in [5.41, 5.74) is 1.09. The zero-order chi connectivity index (χ0) is 12.3. The molecule has 4 heteroatoms. The van der Waals surface area contributed by atoms with E-state index in [1.54, 1.807) is 0 Å². The van der Waals surface area contributed by atoms with Gasteiger partial charge in [-0.1, -0.05) is 18.2 Å². The van der Waals surface area contributed by atoms with Crippen molar-refractivity contribution >= 4 is 0 Å². The molecule has 0 aromatic heterocycles. The fraction of sp³-hybridized carbons (Fsp3) is 0.538. The summed E-state index contributed by atoms with van der Waals surface area (Å²) in [5, 5.41) is 19.0. The molecule has 1 aliphatic heterocycles. The first kappa shape index (κ1) is 12.4. The molecule has 0 spiro atoms. The number of benzene rings is 1. The van der Waals surface area contributed by atoms with Gasteiger partial charge in [-0.25, -0.2) is 0 Å². The fourth-order valence-electron chi connectivity index (χ4n) is 2.15. The average molecular weight is 237 g/mol. The number of aliphatic hydroxyl groups excluding tert-OH is 2. The molecule has 1 heterocycles. The highest BCUT2D eigenvalue weighted by atomic mass is 16.5. The van der Waals surface area contributed by atoms with Crippen molar-refractivity contribution in [3.05, 3.63) is 29.8 Å². The van der Waals surface area contributed by atoms with Crippen molar-refractivity contribution in [2.24, 2.45) is 0 Å². The van der Waals surface area contributed by atoms with E-state index in [9.17, 15) is 10.2 Å². The van der Waals surface area contributed by atoms with Crippen molar-refractivity contribution in [2.45, 2.75) is 25.7 Å². The van der Waals surface area contributed by atoms with Gasteiger partial charge >= 0.3 is 0 Å². The largest absolute Gasteiger partial charge is 0.494 e. The molecule has 0 aliphatic carbocycles. The molecule has 1 aromatic rings. The van der Waals surface area contributed by atoms with Gasteiger partial charge in [0.25, 0.3) is 0 Å². The molecule has 1 fully saturated rings. The molecule has 4 nitrogen and oxygen atoms in total. The molecule has 0 bridgehead atoms. The number of β-amino-alcohol motifs (C(OH)–C–C–N with tert-alkyl or cyclic N) is 2. The van der Waals surface area contributed by atoms with E-state index >= 15 is 0 Å². The monoisotopic (exact) mass is 237 g/mol. The number of rotatable bonds is 4. The first-order valence-electron chi connectivity index (χ1n) is 6.00. The summed E-state index contributed by atoms with van der Waals surface area (Å²) in [6.07, 6.45) is -1.26. The van der Waals surface area contributed by atoms with Gasteiger partial charge in [0.05, 0.1) is 18.8 Å². The maximum absolute atomic E-state index is 9.50. The quantitative estimate of drug-likeness (QED) is 0.806. The van der Waals surface area contributed by atoms with Gasteiger partial charge in [-0.15, -0.1) is 0 Å². The summed E-state index contributed by atoms with van der Waals surface area (Å²) in [5.74, 6) is 0.880. The molecule has 1 aliphatic rings.